The number of nitrogens with zero attached hydrogens (tertiary/aromatic N) is 3. The molecule has 0 saturated carbocycles. The predicted octanol–water partition coefficient (Wildman–Crippen LogP) is 6.08. The smallest absolute Gasteiger partial charge is 0.219 e. The molecule has 0 aromatic heterocycles. The van der Waals surface area contributed by atoms with Gasteiger partial charge in [0.25, 0.3) is 0 Å². The molecule has 0 aliphatic rings. The van der Waals surface area contributed by atoms with Gasteiger partial charge in [-0.2, -0.15) is 0 Å². The zero-order chi connectivity index (χ0) is 27.7. The van der Waals surface area contributed by atoms with Crippen molar-refractivity contribution in [3.8, 4) is 0 Å². The van der Waals surface area contributed by atoms with Crippen molar-refractivity contribution in [3.63, 3.8) is 0 Å². The summed E-state index contributed by atoms with van der Waals surface area (Å²) in [6.07, 6.45) is 10.8. The highest BCUT2D eigenvalue weighted by Gasteiger charge is 2.17. The fraction of sp³-hybridized carbons (Fsp3) is 0.767. The van der Waals surface area contributed by atoms with E-state index >= 15 is 0 Å². The van der Waals surface area contributed by atoms with Gasteiger partial charge in [-0.15, -0.1) is 0 Å². The summed E-state index contributed by atoms with van der Waals surface area (Å²) in [5.74, 6) is 1.15. The molecular formula is C30H55N3O3. The second kappa shape index (κ2) is 19.1. The van der Waals surface area contributed by atoms with Gasteiger partial charge in [-0.05, 0) is 78.1 Å². The van der Waals surface area contributed by atoms with Gasteiger partial charge in [-0.25, -0.2) is 0 Å². The lowest BCUT2D eigenvalue weighted by molar-refractivity contribution is -0.134. The van der Waals surface area contributed by atoms with E-state index in [0.717, 1.165) is 38.5 Å². The fourth-order valence-corrected chi connectivity index (χ4v) is 4.12. The van der Waals surface area contributed by atoms with E-state index in [2.05, 4.69) is 53.7 Å². The number of hydrogen-bond acceptors (Lipinski definition) is 3. The SMILES string of the molecule is CC(=O)N(CC[C@@H](C)CCC=C(C)C)CCN(CCN(CC[C@@H](C)CCC=C(C)C)C(C)=O)C(C)=O. The van der Waals surface area contributed by atoms with Crippen molar-refractivity contribution < 1.29 is 14.4 Å². The second-order valence-corrected chi connectivity index (χ2v) is 11.0. The third-order valence-corrected chi connectivity index (χ3v) is 6.82. The first-order chi connectivity index (χ1) is 16.8. The van der Waals surface area contributed by atoms with E-state index in [1.807, 2.05) is 9.80 Å². The molecule has 36 heavy (non-hydrogen) atoms. The largest absolute Gasteiger partial charge is 0.341 e. The minimum Gasteiger partial charge on any atom is -0.341 e. The first kappa shape index (κ1) is 33.9. The molecule has 0 saturated heterocycles. The molecule has 0 aliphatic heterocycles. The van der Waals surface area contributed by atoms with Crippen molar-refractivity contribution in [1.82, 2.24) is 14.7 Å². The van der Waals surface area contributed by atoms with Crippen LogP contribution in [0.15, 0.2) is 23.3 Å². The van der Waals surface area contributed by atoms with E-state index in [1.54, 1.807) is 25.7 Å². The average Bonchev–Trinajstić information content (AvgIpc) is 2.75. The highest BCUT2D eigenvalue weighted by Crippen LogP contribution is 2.14. The molecule has 0 N–H and O–H groups in total. The Balaban J connectivity index is 4.72. The van der Waals surface area contributed by atoms with Crippen LogP contribution in [0.3, 0.4) is 0 Å². The maximum atomic E-state index is 12.3. The molecule has 0 rings (SSSR count). The third-order valence-electron chi connectivity index (χ3n) is 6.82. The minimum atomic E-state index is -0.0211. The molecule has 208 valence electrons. The summed E-state index contributed by atoms with van der Waals surface area (Å²) in [6, 6.07) is 0. The van der Waals surface area contributed by atoms with E-state index in [0.29, 0.717) is 51.1 Å². The van der Waals surface area contributed by atoms with Crippen LogP contribution in [0.1, 0.15) is 101 Å². The number of amides is 3. The van der Waals surface area contributed by atoms with Gasteiger partial charge in [-0.3, -0.25) is 14.4 Å². The number of hydrogen-bond donors (Lipinski definition) is 0. The zero-order valence-corrected chi connectivity index (χ0v) is 24.9. The Morgan fingerprint density at radius 1 is 0.500 bits per heavy atom. The van der Waals surface area contributed by atoms with Crippen molar-refractivity contribution in [2.24, 2.45) is 11.8 Å². The number of rotatable bonds is 18. The molecule has 0 spiro atoms. The Bertz CT molecular complexity index is 667. The molecule has 6 heteroatoms. The Morgan fingerprint density at radius 2 is 0.778 bits per heavy atom. The molecule has 0 radical (unpaired) electrons. The summed E-state index contributed by atoms with van der Waals surface area (Å²) in [5, 5.41) is 0. The molecule has 0 heterocycles. The quantitative estimate of drug-likeness (QED) is 0.212. The van der Waals surface area contributed by atoms with Crippen LogP contribution in [-0.4, -0.2) is 71.7 Å². The lowest BCUT2D eigenvalue weighted by Gasteiger charge is -2.30. The molecule has 0 aromatic rings. The van der Waals surface area contributed by atoms with Crippen LogP contribution in [0.2, 0.25) is 0 Å². The molecule has 0 unspecified atom stereocenters. The standard InChI is InChI=1S/C30H55N3O3/c1-24(2)12-10-14-26(5)16-18-31(28(7)34)20-22-33(30(9)36)23-21-32(29(8)35)19-17-27(6)15-11-13-25(3)4/h12-13,26-27H,10-11,14-23H2,1-9H3/t26-,27-/m0/s1. The molecule has 0 bridgehead atoms. The first-order valence-electron chi connectivity index (χ1n) is 13.9. The van der Waals surface area contributed by atoms with Crippen LogP contribution < -0.4 is 0 Å². The maximum Gasteiger partial charge on any atom is 0.219 e. The monoisotopic (exact) mass is 505 g/mol. The highest BCUT2D eigenvalue weighted by atomic mass is 16.2. The van der Waals surface area contributed by atoms with Gasteiger partial charge in [-0.1, -0.05) is 37.1 Å². The van der Waals surface area contributed by atoms with Gasteiger partial charge in [0.1, 0.15) is 0 Å². The normalized spacial score (nSPS) is 12.4. The average molecular weight is 506 g/mol. The molecular weight excluding hydrogens is 450 g/mol. The summed E-state index contributed by atoms with van der Waals surface area (Å²) in [4.78, 5) is 42.2. The Morgan fingerprint density at radius 3 is 1.03 bits per heavy atom. The van der Waals surface area contributed by atoms with E-state index < -0.39 is 0 Å². The van der Waals surface area contributed by atoms with Gasteiger partial charge in [0.05, 0.1) is 0 Å². The molecule has 2 atom stereocenters. The Labute approximate surface area is 222 Å². The van der Waals surface area contributed by atoms with Crippen molar-refractivity contribution >= 4 is 17.7 Å². The predicted molar refractivity (Wildman–Crippen MR) is 152 cm³/mol. The van der Waals surface area contributed by atoms with E-state index in [1.165, 1.54) is 11.1 Å². The molecule has 6 nitrogen and oxygen atoms in total. The van der Waals surface area contributed by atoms with Crippen molar-refractivity contribution in [2.45, 2.75) is 101 Å². The van der Waals surface area contributed by atoms with Crippen LogP contribution in [0.4, 0.5) is 0 Å². The van der Waals surface area contributed by atoms with Gasteiger partial charge >= 0.3 is 0 Å². The summed E-state index contributed by atoms with van der Waals surface area (Å²) in [5.41, 5.74) is 2.68. The summed E-state index contributed by atoms with van der Waals surface area (Å²) >= 11 is 0. The van der Waals surface area contributed by atoms with Gasteiger partial charge in [0.15, 0.2) is 0 Å². The van der Waals surface area contributed by atoms with E-state index in [4.69, 9.17) is 0 Å². The van der Waals surface area contributed by atoms with Gasteiger partial charge in [0, 0.05) is 60.0 Å². The lowest BCUT2D eigenvalue weighted by Crippen LogP contribution is -2.44. The van der Waals surface area contributed by atoms with Crippen LogP contribution in [0.25, 0.3) is 0 Å². The summed E-state index contributed by atoms with van der Waals surface area (Å²) in [7, 11) is 0. The Hall–Kier alpha value is -2.11. The first-order valence-corrected chi connectivity index (χ1v) is 13.9. The molecule has 3 amide bonds. The summed E-state index contributed by atoms with van der Waals surface area (Å²) in [6.45, 7) is 21.2. The number of carbonyl (C=O) groups is 3. The molecule has 0 aliphatic carbocycles. The third kappa shape index (κ3) is 17.3. The highest BCUT2D eigenvalue weighted by molar-refractivity contribution is 5.75. The van der Waals surface area contributed by atoms with Crippen LogP contribution in [0.5, 0.6) is 0 Å². The van der Waals surface area contributed by atoms with Crippen LogP contribution in [-0.2, 0) is 14.4 Å². The van der Waals surface area contributed by atoms with Crippen LogP contribution >= 0.6 is 0 Å². The molecule has 0 aromatic carbocycles. The second-order valence-electron chi connectivity index (χ2n) is 11.0. The van der Waals surface area contributed by atoms with E-state index in [9.17, 15) is 14.4 Å². The van der Waals surface area contributed by atoms with Gasteiger partial charge in [0.2, 0.25) is 17.7 Å². The van der Waals surface area contributed by atoms with E-state index in [-0.39, 0.29) is 17.7 Å². The topological polar surface area (TPSA) is 60.9 Å². The minimum absolute atomic E-state index is 0.0211. The summed E-state index contributed by atoms with van der Waals surface area (Å²) < 4.78 is 0. The number of carbonyl (C=O) groups excluding carboxylic acids is 3. The lowest BCUT2D eigenvalue weighted by atomic mass is 10.0. The van der Waals surface area contributed by atoms with Crippen molar-refractivity contribution in [1.29, 1.82) is 0 Å². The maximum absolute atomic E-state index is 12.3. The van der Waals surface area contributed by atoms with Gasteiger partial charge < -0.3 is 14.7 Å². The molecule has 0 fully saturated rings. The van der Waals surface area contributed by atoms with Crippen molar-refractivity contribution in [3.05, 3.63) is 23.3 Å². The number of allylic oxidation sites excluding steroid dienone is 4. The van der Waals surface area contributed by atoms with Crippen molar-refractivity contribution in [2.75, 3.05) is 39.3 Å². The fourth-order valence-electron chi connectivity index (χ4n) is 4.12. The zero-order valence-electron chi connectivity index (χ0n) is 24.9. The van der Waals surface area contributed by atoms with Crippen LogP contribution in [0, 0.1) is 11.8 Å². The Kier molecular flexibility index (Phi) is 17.9.